The molecule has 0 radical (unpaired) electrons. The van der Waals surface area contributed by atoms with E-state index in [1.165, 1.54) is 12.1 Å². The van der Waals surface area contributed by atoms with Crippen LogP contribution in [0.15, 0.2) is 41.3 Å². The molecule has 0 aliphatic rings. The first-order valence-electron chi connectivity index (χ1n) is 6.09. The van der Waals surface area contributed by atoms with Crippen LogP contribution < -0.4 is 4.72 Å². The van der Waals surface area contributed by atoms with Crippen molar-refractivity contribution in [3.63, 3.8) is 0 Å². The molecular formula is C13H9F3N2O4S. The Labute approximate surface area is 128 Å². The normalized spacial score (nSPS) is 11.4. The number of nitrogens with zero attached hydrogens (tertiary/aromatic N) is 1. The maximum absolute atomic E-state index is 13.5. The molecule has 0 aliphatic carbocycles. The van der Waals surface area contributed by atoms with Gasteiger partial charge in [0.15, 0.2) is 22.3 Å². The van der Waals surface area contributed by atoms with Crippen LogP contribution in [0.1, 0.15) is 5.56 Å². The largest absolute Gasteiger partial charge is 0.289 e. The first kappa shape index (κ1) is 16.9. The van der Waals surface area contributed by atoms with Gasteiger partial charge >= 0.3 is 0 Å². The SMILES string of the molecule is O=[N+]([O-])c1ccccc1S(=O)(=O)NCc1ccc(F)c(F)c1F. The number of para-hydroxylation sites is 1. The van der Waals surface area contributed by atoms with Gasteiger partial charge in [0.2, 0.25) is 10.0 Å². The van der Waals surface area contributed by atoms with Crippen LogP contribution in [0.3, 0.4) is 0 Å². The van der Waals surface area contributed by atoms with Crippen molar-refractivity contribution in [1.29, 1.82) is 0 Å². The van der Waals surface area contributed by atoms with Gasteiger partial charge in [-0.1, -0.05) is 18.2 Å². The molecule has 10 heteroatoms. The van der Waals surface area contributed by atoms with Crippen LogP contribution >= 0.6 is 0 Å². The Kier molecular flexibility index (Phi) is 4.66. The summed E-state index contributed by atoms with van der Waals surface area (Å²) in [7, 11) is -4.35. The number of nitro groups is 1. The van der Waals surface area contributed by atoms with E-state index in [0.29, 0.717) is 6.07 Å². The van der Waals surface area contributed by atoms with Crippen molar-refractivity contribution in [3.05, 3.63) is 69.5 Å². The molecule has 0 spiro atoms. The molecule has 0 atom stereocenters. The van der Waals surface area contributed by atoms with Crippen LogP contribution in [0.2, 0.25) is 0 Å². The predicted molar refractivity (Wildman–Crippen MR) is 73.4 cm³/mol. The van der Waals surface area contributed by atoms with Crippen LogP contribution in [0.25, 0.3) is 0 Å². The van der Waals surface area contributed by atoms with Crippen molar-refractivity contribution in [2.45, 2.75) is 11.4 Å². The third-order valence-electron chi connectivity index (χ3n) is 2.92. The van der Waals surface area contributed by atoms with Crippen molar-refractivity contribution < 1.29 is 26.5 Å². The average molecular weight is 346 g/mol. The summed E-state index contributed by atoms with van der Waals surface area (Å²) in [5, 5.41) is 10.8. The van der Waals surface area contributed by atoms with Gasteiger partial charge in [0.1, 0.15) is 0 Å². The molecule has 0 heterocycles. The van der Waals surface area contributed by atoms with Gasteiger partial charge in [-0.2, -0.15) is 0 Å². The van der Waals surface area contributed by atoms with Crippen LogP contribution in [-0.4, -0.2) is 13.3 Å². The highest BCUT2D eigenvalue weighted by Gasteiger charge is 2.25. The minimum Gasteiger partial charge on any atom is -0.258 e. The van der Waals surface area contributed by atoms with E-state index < -0.39 is 55.1 Å². The predicted octanol–water partition coefficient (Wildman–Crippen LogP) is 2.49. The Balaban J connectivity index is 2.30. The molecule has 23 heavy (non-hydrogen) atoms. The second-order valence-electron chi connectivity index (χ2n) is 4.38. The Bertz CT molecular complexity index is 872. The molecule has 0 saturated heterocycles. The first-order chi connectivity index (χ1) is 10.7. The van der Waals surface area contributed by atoms with E-state index in [4.69, 9.17) is 0 Å². The zero-order valence-electron chi connectivity index (χ0n) is 11.3. The molecule has 6 nitrogen and oxygen atoms in total. The van der Waals surface area contributed by atoms with E-state index in [0.717, 1.165) is 18.2 Å². The number of nitro benzene ring substituents is 1. The highest BCUT2D eigenvalue weighted by Crippen LogP contribution is 2.23. The summed E-state index contributed by atoms with van der Waals surface area (Å²) in [5.41, 5.74) is -1.10. The highest BCUT2D eigenvalue weighted by atomic mass is 32.2. The lowest BCUT2D eigenvalue weighted by molar-refractivity contribution is -0.387. The van der Waals surface area contributed by atoms with Gasteiger partial charge in [0.05, 0.1) is 4.92 Å². The minimum absolute atomic E-state index is 0.439. The smallest absolute Gasteiger partial charge is 0.258 e. The standard InChI is InChI=1S/C13H9F3N2O4S/c14-9-6-5-8(12(15)13(9)16)7-17-23(21,22)11-4-2-1-3-10(11)18(19)20/h1-6,17H,7H2. The summed E-state index contributed by atoms with van der Waals surface area (Å²) in [6, 6.07) is 6.07. The summed E-state index contributed by atoms with van der Waals surface area (Å²) in [6.07, 6.45) is 0. The van der Waals surface area contributed by atoms with E-state index >= 15 is 0 Å². The molecule has 2 aromatic carbocycles. The number of nitrogens with one attached hydrogen (secondary N) is 1. The molecule has 0 bridgehead atoms. The fourth-order valence-corrected chi connectivity index (χ4v) is 2.96. The van der Waals surface area contributed by atoms with Crippen molar-refractivity contribution in [2.24, 2.45) is 0 Å². The average Bonchev–Trinajstić information content (AvgIpc) is 2.52. The van der Waals surface area contributed by atoms with E-state index in [1.807, 2.05) is 4.72 Å². The van der Waals surface area contributed by atoms with Gasteiger partial charge in [-0.25, -0.2) is 26.3 Å². The van der Waals surface area contributed by atoms with E-state index in [-0.39, 0.29) is 0 Å². The quantitative estimate of drug-likeness (QED) is 0.512. The second kappa shape index (κ2) is 6.34. The van der Waals surface area contributed by atoms with E-state index in [9.17, 15) is 31.7 Å². The van der Waals surface area contributed by atoms with Crippen molar-refractivity contribution in [1.82, 2.24) is 4.72 Å². The van der Waals surface area contributed by atoms with Gasteiger partial charge < -0.3 is 0 Å². The topological polar surface area (TPSA) is 89.3 Å². The lowest BCUT2D eigenvalue weighted by atomic mass is 10.2. The zero-order chi connectivity index (χ0) is 17.2. The molecule has 0 aromatic heterocycles. The molecule has 0 fully saturated rings. The van der Waals surface area contributed by atoms with Crippen molar-refractivity contribution in [3.8, 4) is 0 Å². The molecule has 1 N–H and O–H groups in total. The number of halogens is 3. The second-order valence-corrected chi connectivity index (χ2v) is 6.12. The number of hydrogen-bond acceptors (Lipinski definition) is 4. The van der Waals surface area contributed by atoms with Gasteiger partial charge in [-0.05, 0) is 12.1 Å². The number of benzene rings is 2. The van der Waals surface area contributed by atoms with Crippen LogP contribution in [0.5, 0.6) is 0 Å². The third-order valence-corrected chi connectivity index (χ3v) is 4.37. The van der Waals surface area contributed by atoms with Crippen LogP contribution in [-0.2, 0) is 16.6 Å². The maximum atomic E-state index is 13.5. The molecule has 2 rings (SSSR count). The Hall–Kier alpha value is -2.46. The lowest BCUT2D eigenvalue weighted by Crippen LogP contribution is -2.24. The van der Waals surface area contributed by atoms with Gasteiger partial charge in [0.25, 0.3) is 5.69 Å². The fraction of sp³-hybridized carbons (Fsp3) is 0.0769. The van der Waals surface area contributed by atoms with Gasteiger partial charge in [-0.3, -0.25) is 10.1 Å². The van der Waals surface area contributed by atoms with Gasteiger partial charge in [0, 0.05) is 18.2 Å². The number of rotatable bonds is 5. The monoisotopic (exact) mass is 346 g/mol. The zero-order valence-corrected chi connectivity index (χ0v) is 12.1. The van der Waals surface area contributed by atoms with E-state index in [2.05, 4.69) is 0 Å². The van der Waals surface area contributed by atoms with Crippen molar-refractivity contribution in [2.75, 3.05) is 0 Å². The van der Waals surface area contributed by atoms with Crippen LogP contribution in [0.4, 0.5) is 18.9 Å². The Morgan fingerprint density at radius 1 is 1.04 bits per heavy atom. The maximum Gasteiger partial charge on any atom is 0.289 e. The number of hydrogen-bond donors (Lipinski definition) is 1. The molecule has 0 amide bonds. The summed E-state index contributed by atoms with van der Waals surface area (Å²) in [6.45, 7) is -0.697. The Morgan fingerprint density at radius 3 is 2.35 bits per heavy atom. The summed E-state index contributed by atoms with van der Waals surface area (Å²) in [4.78, 5) is 9.34. The molecule has 0 unspecified atom stereocenters. The van der Waals surface area contributed by atoms with Crippen LogP contribution in [0, 0.1) is 27.6 Å². The Morgan fingerprint density at radius 2 is 1.70 bits per heavy atom. The minimum atomic E-state index is -4.35. The molecule has 2 aromatic rings. The highest BCUT2D eigenvalue weighted by molar-refractivity contribution is 7.89. The fourth-order valence-electron chi connectivity index (χ4n) is 1.79. The van der Waals surface area contributed by atoms with Gasteiger partial charge in [-0.15, -0.1) is 0 Å². The first-order valence-corrected chi connectivity index (χ1v) is 7.58. The summed E-state index contributed by atoms with van der Waals surface area (Å²) < 4.78 is 65.5. The van der Waals surface area contributed by atoms with E-state index in [1.54, 1.807) is 0 Å². The molecule has 0 saturated carbocycles. The molecule has 122 valence electrons. The molecular weight excluding hydrogens is 337 g/mol. The summed E-state index contributed by atoms with van der Waals surface area (Å²) >= 11 is 0. The molecule has 0 aliphatic heterocycles. The van der Waals surface area contributed by atoms with Crippen molar-refractivity contribution >= 4 is 15.7 Å². The number of sulfonamides is 1. The summed E-state index contributed by atoms with van der Waals surface area (Å²) in [5.74, 6) is -4.67. The lowest BCUT2D eigenvalue weighted by Gasteiger charge is -2.08. The third kappa shape index (κ3) is 3.48.